The van der Waals surface area contributed by atoms with Crippen molar-refractivity contribution >= 4 is 22.2 Å². The van der Waals surface area contributed by atoms with Crippen molar-refractivity contribution < 1.29 is 4.79 Å². The molecule has 2 aliphatic heterocycles. The number of hydrogen-bond acceptors (Lipinski definition) is 6. The molecule has 136 valence electrons. The van der Waals surface area contributed by atoms with E-state index in [2.05, 4.69) is 32.7 Å². The molecule has 2 fully saturated rings. The summed E-state index contributed by atoms with van der Waals surface area (Å²) in [4.78, 5) is 20.4. The van der Waals surface area contributed by atoms with E-state index in [1.165, 1.54) is 12.8 Å². The normalized spacial score (nSPS) is 23.5. The Hall–Kier alpha value is -1.51. The number of carbonyl (C=O) groups is 1. The molecule has 2 aromatic rings. The van der Waals surface area contributed by atoms with Crippen LogP contribution in [0.3, 0.4) is 0 Å². The second-order valence-corrected chi connectivity index (χ2v) is 8.67. The molecule has 0 aliphatic carbocycles. The molecule has 4 rings (SSSR count). The average Bonchev–Trinajstić information content (AvgIpc) is 3.19. The molecular formula is C17H26N6OS. The number of hydrogen-bond donors (Lipinski definition) is 2. The molecule has 1 amide bonds. The SMILES string of the molecule is Cc1nn2cc(CCNC(=O)C3CC4(CCNCC4)CN3C)nc2s1. The van der Waals surface area contributed by atoms with Crippen LogP contribution in [0.4, 0.5) is 0 Å². The Balaban J connectivity index is 1.30. The van der Waals surface area contributed by atoms with Gasteiger partial charge in [-0.25, -0.2) is 9.50 Å². The molecule has 0 bridgehead atoms. The van der Waals surface area contributed by atoms with Crippen molar-refractivity contribution in [3.8, 4) is 0 Å². The molecule has 2 saturated heterocycles. The molecule has 0 aromatic carbocycles. The zero-order chi connectivity index (χ0) is 17.4. The van der Waals surface area contributed by atoms with Gasteiger partial charge >= 0.3 is 0 Å². The summed E-state index contributed by atoms with van der Waals surface area (Å²) < 4.78 is 1.82. The summed E-state index contributed by atoms with van der Waals surface area (Å²) >= 11 is 1.59. The summed E-state index contributed by atoms with van der Waals surface area (Å²) in [6.07, 6.45) is 6.04. The van der Waals surface area contributed by atoms with Gasteiger partial charge in [-0.1, -0.05) is 11.3 Å². The lowest BCUT2D eigenvalue weighted by Gasteiger charge is -2.33. The van der Waals surface area contributed by atoms with Crippen molar-refractivity contribution in [3.63, 3.8) is 0 Å². The van der Waals surface area contributed by atoms with Gasteiger partial charge in [-0.05, 0) is 51.7 Å². The summed E-state index contributed by atoms with van der Waals surface area (Å²) in [6, 6.07) is 0.00732. The molecule has 2 aliphatic rings. The zero-order valence-electron chi connectivity index (χ0n) is 14.9. The first-order chi connectivity index (χ1) is 12.0. The third-order valence-electron chi connectivity index (χ3n) is 5.58. The second-order valence-electron chi connectivity index (χ2n) is 7.51. The third kappa shape index (κ3) is 3.43. The number of aromatic nitrogens is 3. The van der Waals surface area contributed by atoms with Gasteiger partial charge in [0.15, 0.2) is 0 Å². The standard InChI is InChI=1S/C17H26N6OS/c1-12-21-23-10-13(20-16(23)25-12)3-6-19-15(24)14-9-17(11-22(14)2)4-7-18-8-5-17/h10,14,18H,3-9,11H2,1-2H3,(H,19,24). The van der Waals surface area contributed by atoms with Gasteiger partial charge in [-0.2, -0.15) is 5.10 Å². The first kappa shape index (κ1) is 16.9. The third-order valence-corrected chi connectivity index (χ3v) is 6.42. The largest absolute Gasteiger partial charge is 0.354 e. The number of nitrogens with zero attached hydrogens (tertiary/aromatic N) is 4. The van der Waals surface area contributed by atoms with Crippen LogP contribution in [-0.2, 0) is 11.2 Å². The van der Waals surface area contributed by atoms with E-state index < -0.39 is 0 Å². The van der Waals surface area contributed by atoms with E-state index >= 15 is 0 Å². The van der Waals surface area contributed by atoms with E-state index in [1.807, 2.05) is 17.6 Å². The highest BCUT2D eigenvalue weighted by Crippen LogP contribution is 2.41. The number of likely N-dealkylation sites (tertiary alicyclic amines) is 1. The van der Waals surface area contributed by atoms with Crippen molar-refractivity contribution in [3.05, 3.63) is 16.9 Å². The van der Waals surface area contributed by atoms with Crippen LogP contribution < -0.4 is 10.6 Å². The minimum Gasteiger partial charge on any atom is -0.354 e. The Kier molecular flexibility index (Phi) is 4.51. The number of imidazole rings is 1. The van der Waals surface area contributed by atoms with Crippen LogP contribution in [0, 0.1) is 12.3 Å². The molecule has 7 nitrogen and oxygen atoms in total. The number of carbonyl (C=O) groups excluding carboxylic acids is 1. The molecule has 1 atom stereocenters. The van der Waals surface area contributed by atoms with Crippen molar-refractivity contribution in [1.29, 1.82) is 0 Å². The van der Waals surface area contributed by atoms with E-state index in [1.54, 1.807) is 11.3 Å². The van der Waals surface area contributed by atoms with Gasteiger partial charge in [0, 0.05) is 19.5 Å². The van der Waals surface area contributed by atoms with Gasteiger partial charge in [0.2, 0.25) is 10.9 Å². The summed E-state index contributed by atoms with van der Waals surface area (Å²) in [7, 11) is 2.08. The van der Waals surface area contributed by atoms with E-state index in [0.717, 1.165) is 48.1 Å². The van der Waals surface area contributed by atoms with Crippen LogP contribution in [0.2, 0.25) is 0 Å². The Morgan fingerprint density at radius 1 is 1.48 bits per heavy atom. The fourth-order valence-electron chi connectivity index (χ4n) is 4.28. The smallest absolute Gasteiger partial charge is 0.237 e. The summed E-state index contributed by atoms with van der Waals surface area (Å²) in [5.41, 5.74) is 1.31. The van der Waals surface area contributed by atoms with Crippen molar-refractivity contribution in [2.24, 2.45) is 5.41 Å². The maximum atomic E-state index is 12.6. The lowest BCUT2D eigenvalue weighted by atomic mass is 9.77. The highest BCUT2D eigenvalue weighted by molar-refractivity contribution is 7.16. The van der Waals surface area contributed by atoms with Gasteiger partial charge in [-0.3, -0.25) is 9.69 Å². The fourth-order valence-corrected chi connectivity index (χ4v) is 5.02. The van der Waals surface area contributed by atoms with Crippen LogP contribution in [0.25, 0.3) is 4.96 Å². The summed E-state index contributed by atoms with van der Waals surface area (Å²) in [5, 5.41) is 11.9. The Labute approximate surface area is 151 Å². The van der Waals surface area contributed by atoms with E-state index in [9.17, 15) is 4.79 Å². The van der Waals surface area contributed by atoms with Gasteiger partial charge in [0.05, 0.1) is 17.9 Å². The molecular weight excluding hydrogens is 336 g/mol. The Bertz CT molecular complexity index is 731. The minimum atomic E-state index is 0.00732. The number of likely N-dealkylation sites (N-methyl/N-ethyl adjacent to an activating group) is 1. The van der Waals surface area contributed by atoms with Crippen LogP contribution in [-0.4, -0.2) is 64.7 Å². The molecule has 4 heterocycles. The quantitative estimate of drug-likeness (QED) is 0.843. The lowest BCUT2D eigenvalue weighted by Crippen LogP contribution is -2.42. The predicted molar refractivity (Wildman–Crippen MR) is 97.9 cm³/mol. The van der Waals surface area contributed by atoms with E-state index in [-0.39, 0.29) is 11.9 Å². The van der Waals surface area contributed by atoms with Crippen molar-refractivity contribution in [2.45, 2.75) is 38.6 Å². The maximum absolute atomic E-state index is 12.6. The highest BCUT2D eigenvalue weighted by atomic mass is 32.1. The van der Waals surface area contributed by atoms with Crippen LogP contribution in [0.5, 0.6) is 0 Å². The monoisotopic (exact) mass is 362 g/mol. The molecule has 1 spiro atoms. The number of piperidine rings is 1. The second kappa shape index (κ2) is 6.66. The number of rotatable bonds is 4. The fraction of sp³-hybridized carbons (Fsp3) is 0.706. The highest BCUT2D eigenvalue weighted by Gasteiger charge is 2.45. The zero-order valence-corrected chi connectivity index (χ0v) is 15.7. The molecule has 0 radical (unpaired) electrons. The summed E-state index contributed by atoms with van der Waals surface area (Å²) in [6.45, 7) is 5.80. The van der Waals surface area contributed by atoms with Crippen LogP contribution in [0.1, 0.15) is 30.0 Å². The topological polar surface area (TPSA) is 74.6 Å². The molecule has 8 heteroatoms. The average molecular weight is 363 g/mol. The number of aryl methyl sites for hydroxylation is 1. The molecule has 25 heavy (non-hydrogen) atoms. The molecule has 2 aromatic heterocycles. The van der Waals surface area contributed by atoms with E-state index in [0.29, 0.717) is 12.0 Å². The first-order valence-electron chi connectivity index (χ1n) is 9.05. The van der Waals surface area contributed by atoms with Gasteiger partial charge < -0.3 is 10.6 Å². The van der Waals surface area contributed by atoms with Crippen LogP contribution >= 0.6 is 11.3 Å². The van der Waals surface area contributed by atoms with Gasteiger partial charge in [0.1, 0.15) is 5.01 Å². The number of fused-ring (bicyclic) bond motifs is 1. The molecule has 1 unspecified atom stereocenters. The van der Waals surface area contributed by atoms with Crippen molar-refractivity contribution in [1.82, 2.24) is 30.1 Å². The predicted octanol–water partition coefficient (Wildman–Crippen LogP) is 0.832. The molecule has 2 N–H and O–H groups in total. The number of nitrogens with one attached hydrogen (secondary N) is 2. The summed E-state index contributed by atoms with van der Waals surface area (Å²) in [5.74, 6) is 0.160. The first-order valence-corrected chi connectivity index (χ1v) is 9.87. The molecule has 0 saturated carbocycles. The van der Waals surface area contributed by atoms with Crippen LogP contribution in [0.15, 0.2) is 6.20 Å². The Morgan fingerprint density at radius 3 is 3.04 bits per heavy atom. The number of amides is 1. The minimum absolute atomic E-state index is 0.00732. The van der Waals surface area contributed by atoms with E-state index in [4.69, 9.17) is 0 Å². The van der Waals surface area contributed by atoms with Gasteiger partial charge in [-0.15, -0.1) is 0 Å². The lowest BCUT2D eigenvalue weighted by molar-refractivity contribution is -0.125. The van der Waals surface area contributed by atoms with Gasteiger partial charge in [0.25, 0.3) is 0 Å². The Morgan fingerprint density at radius 2 is 2.28 bits per heavy atom. The van der Waals surface area contributed by atoms with Crippen molar-refractivity contribution in [2.75, 3.05) is 33.2 Å². The maximum Gasteiger partial charge on any atom is 0.237 e.